The maximum Gasteiger partial charge on any atom is 0.197 e. The molecular formula is C6H8O4. The third kappa shape index (κ3) is 1.08. The van der Waals surface area contributed by atoms with Gasteiger partial charge in [0.05, 0.1) is 0 Å². The molecular weight excluding hydrogens is 136 g/mol. The Kier molecular flexibility index (Phi) is 1.82. The van der Waals surface area contributed by atoms with E-state index < -0.39 is 23.8 Å². The normalized spacial score (nSPS) is 34.6. The van der Waals surface area contributed by atoms with Crippen molar-refractivity contribution in [3.8, 4) is 0 Å². The number of ether oxygens (including phenoxy) is 1. The molecule has 0 bridgehead atoms. The summed E-state index contributed by atoms with van der Waals surface area (Å²) in [5.74, 6) is -1.10. The lowest BCUT2D eigenvalue weighted by molar-refractivity contribution is -0.157. The molecule has 1 rings (SSSR count). The molecule has 0 saturated carbocycles. The SMILES string of the molecule is C[C@H]1OCC(=O)[C@H](O)C1=O. The summed E-state index contributed by atoms with van der Waals surface area (Å²) in [5.41, 5.74) is 0. The van der Waals surface area contributed by atoms with E-state index in [0.717, 1.165) is 0 Å². The number of carbonyl (C=O) groups is 2. The summed E-state index contributed by atoms with van der Waals surface area (Å²) in [4.78, 5) is 21.3. The van der Waals surface area contributed by atoms with Crippen LogP contribution in [0.1, 0.15) is 6.92 Å². The first-order valence-corrected chi connectivity index (χ1v) is 2.99. The molecule has 1 fully saturated rings. The first-order valence-electron chi connectivity index (χ1n) is 2.99. The van der Waals surface area contributed by atoms with Gasteiger partial charge in [-0.1, -0.05) is 0 Å². The molecule has 2 atom stereocenters. The lowest BCUT2D eigenvalue weighted by Gasteiger charge is -2.20. The molecule has 10 heavy (non-hydrogen) atoms. The lowest BCUT2D eigenvalue weighted by Crippen LogP contribution is -2.45. The first-order chi connectivity index (χ1) is 4.63. The number of hydrogen-bond donors (Lipinski definition) is 1. The third-order valence-corrected chi connectivity index (χ3v) is 1.45. The molecule has 0 amide bonds. The summed E-state index contributed by atoms with van der Waals surface area (Å²) in [6.07, 6.45) is -2.10. The van der Waals surface area contributed by atoms with Crippen LogP contribution < -0.4 is 0 Å². The van der Waals surface area contributed by atoms with Gasteiger partial charge in [0.25, 0.3) is 0 Å². The topological polar surface area (TPSA) is 63.6 Å². The lowest BCUT2D eigenvalue weighted by atomic mass is 10.1. The smallest absolute Gasteiger partial charge is 0.197 e. The number of aliphatic hydroxyl groups is 1. The largest absolute Gasteiger partial charge is 0.377 e. The summed E-state index contributed by atoms with van der Waals surface area (Å²) in [6.45, 7) is 1.35. The molecule has 0 radical (unpaired) electrons. The van der Waals surface area contributed by atoms with Crippen molar-refractivity contribution in [3.63, 3.8) is 0 Å². The molecule has 0 aromatic carbocycles. The van der Waals surface area contributed by atoms with Crippen molar-refractivity contribution in [3.05, 3.63) is 0 Å². The first kappa shape index (κ1) is 7.37. The van der Waals surface area contributed by atoms with E-state index >= 15 is 0 Å². The Morgan fingerprint density at radius 2 is 2.20 bits per heavy atom. The highest BCUT2D eigenvalue weighted by atomic mass is 16.5. The molecule has 0 unspecified atom stereocenters. The van der Waals surface area contributed by atoms with Crippen molar-refractivity contribution in [1.82, 2.24) is 0 Å². The number of hydrogen-bond acceptors (Lipinski definition) is 4. The van der Waals surface area contributed by atoms with E-state index in [1.807, 2.05) is 0 Å². The van der Waals surface area contributed by atoms with Gasteiger partial charge in [0.2, 0.25) is 0 Å². The van der Waals surface area contributed by atoms with Crippen LogP contribution in [0.4, 0.5) is 0 Å². The highest BCUT2D eigenvalue weighted by Crippen LogP contribution is 2.05. The highest BCUT2D eigenvalue weighted by Gasteiger charge is 2.33. The summed E-state index contributed by atoms with van der Waals surface area (Å²) < 4.78 is 4.71. The highest BCUT2D eigenvalue weighted by molar-refractivity contribution is 6.08. The molecule has 0 aliphatic carbocycles. The van der Waals surface area contributed by atoms with Crippen molar-refractivity contribution < 1.29 is 19.4 Å². The minimum atomic E-state index is -1.45. The number of carbonyl (C=O) groups excluding carboxylic acids is 2. The zero-order valence-electron chi connectivity index (χ0n) is 5.53. The Morgan fingerprint density at radius 3 is 2.70 bits per heavy atom. The standard InChI is InChI=1S/C6H8O4/c1-3-5(8)6(9)4(7)2-10-3/h3,6,9H,2H2,1H3/t3-,6+/m1/s1. The molecule has 0 aromatic rings. The number of rotatable bonds is 0. The minimum Gasteiger partial charge on any atom is -0.377 e. The van der Waals surface area contributed by atoms with Crippen LogP contribution in [-0.2, 0) is 14.3 Å². The van der Waals surface area contributed by atoms with Gasteiger partial charge in [0.1, 0.15) is 12.7 Å². The second kappa shape index (κ2) is 2.48. The fraction of sp³-hybridized carbons (Fsp3) is 0.667. The summed E-state index contributed by atoms with van der Waals surface area (Å²) in [6, 6.07) is 0. The zero-order valence-corrected chi connectivity index (χ0v) is 5.53. The van der Waals surface area contributed by atoms with Crippen LogP contribution in [0.15, 0.2) is 0 Å². The van der Waals surface area contributed by atoms with Crippen molar-refractivity contribution in [2.45, 2.75) is 19.1 Å². The van der Waals surface area contributed by atoms with Gasteiger partial charge in [-0.15, -0.1) is 0 Å². The van der Waals surface area contributed by atoms with Crippen molar-refractivity contribution in [2.75, 3.05) is 6.61 Å². The van der Waals surface area contributed by atoms with Gasteiger partial charge in [-0.3, -0.25) is 9.59 Å². The quantitative estimate of drug-likeness (QED) is 0.438. The van der Waals surface area contributed by atoms with Crippen LogP contribution in [0.25, 0.3) is 0 Å². The van der Waals surface area contributed by atoms with Gasteiger partial charge < -0.3 is 9.84 Å². The second-order valence-corrected chi connectivity index (χ2v) is 2.22. The van der Waals surface area contributed by atoms with Crippen LogP contribution in [0.5, 0.6) is 0 Å². The summed E-state index contributed by atoms with van der Waals surface area (Å²) >= 11 is 0. The van der Waals surface area contributed by atoms with Crippen LogP contribution >= 0.6 is 0 Å². The molecule has 4 nitrogen and oxygen atoms in total. The minimum absolute atomic E-state index is 0.159. The Bertz CT molecular complexity index is 175. The van der Waals surface area contributed by atoms with Gasteiger partial charge >= 0.3 is 0 Å². The predicted molar refractivity (Wildman–Crippen MR) is 31.4 cm³/mol. The molecule has 56 valence electrons. The van der Waals surface area contributed by atoms with E-state index in [1.54, 1.807) is 0 Å². The average molecular weight is 144 g/mol. The van der Waals surface area contributed by atoms with Gasteiger partial charge in [-0.05, 0) is 6.92 Å². The van der Waals surface area contributed by atoms with Crippen LogP contribution in [-0.4, -0.2) is 35.5 Å². The zero-order chi connectivity index (χ0) is 7.72. The van der Waals surface area contributed by atoms with E-state index in [4.69, 9.17) is 9.84 Å². The maximum absolute atomic E-state index is 10.7. The maximum atomic E-state index is 10.7. The monoisotopic (exact) mass is 144 g/mol. The van der Waals surface area contributed by atoms with Crippen LogP contribution in [0.2, 0.25) is 0 Å². The van der Waals surface area contributed by atoms with Gasteiger partial charge in [0.15, 0.2) is 17.7 Å². The summed E-state index contributed by atoms with van der Waals surface area (Å²) in [5, 5.41) is 8.84. The van der Waals surface area contributed by atoms with Crippen LogP contribution in [0.3, 0.4) is 0 Å². The van der Waals surface area contributed by atoms with Crippen molar-refractivity contribution >= 4 is 11.6 Å². The van der Waals surface area contributed by atoms with Gasteiger partial charge in [-0.2, -0.15) is 0 Å². The molecule has 1 N–H and O–H groups in total. The second-order valence-electron chi connectivity index (χ2n) is 2.22. The Balaban J connectivity index is 2.70. The molecule has 1 aliphatic heterocycles. The van der Waals surface area contributed by atoms with Crippen molar-refractivity contribution in [2.24, 2.45) is 0 Å². The number of ketones is 2. The third-order valence-electron chi connectivity index (χ3n) is 1.45. The predicted octanol–water partition coefficient (Wildman–Crippen LogP) is -1.10. The van der Waals surface area contributed by atoms with E-state index in [0.29, 0.717) is 0 Å². The van der Waals surface area contributed by atoms with E-state index in [9.17, 15) is 9.59 Å². The molecule has 1 saturated heterocycles. The molecule has 1 heterocycles. The molecule has 0 aromatic heterocycles. The number of aliphatic hydroxyl groups excluding tert-OH is 1. The van der Waals surface area contributed by atoms with E-state index in [1.165, 1.54) is 6.92 Å². The Morgan fingerprint density at radius 1 is 1.60 bits per heavy atom. The van der Waals surface area contributed by atoms with E-state index in [2.05, 4.69) is 0 Å². The average Bonchev–Trinajstić information content (AvgIpc) is 1.93. The van der Waals surface area contributed by atoms with Gasteiger partial charge in [-0.25, -0.2) is 0 Å². The van der Waals surface area contributed by atoms with Gasteiger partial charge in [0, 0.05) is 0 Å². The fourth-order valence-electron chi connectivity index (χ4n) is 0.749. The Labute approximate surface area is 57.8 Å². The Hall–Kier alpha value is -0.740. The summed E-state index contributed by atoms with van der Waals surface area (Å²) in [7, 11) is 0. The van der Waals surface area contributed by atoms with Crippen LogP contribution in [0, 0.1) is 0 Å². The molecule has 0 spiro atoms. The number of Topliss-reactive ketones (excluding diaryl/α,β-unsaturated/α-hetero) is 2. The molecule has 4 heteroatoms. The van der Waals surface area contributed by atoms with Crippen molar-refractivity contribution in [1.29, 1.82) is 0 Å². The molecule has 1 aliphatic rings. The van der Waals surface area contributed by atoms with E-state index in [-0.39, 0.29) is 6.61 Å². The fourth-order valence-corrected chi connectivity index (χ4v) is 0.749.